The lowest BCUT2D eigenvalue weighted by atomic mass is 9.87. The van der Waals surface area contributed by atoms with Crippen molar-refractivity contribution >= 4 is 6.29 Å². The molecule has 3 rings (SSSR count). The normalized spacial score (nSPS) is 20.9. The Morgan fingerprint density at radius 2 is 1.36 bits per heavy atom. The van der Waals surface area contributed by atoms with Crippen molar-refractivity contribution in [3.05, 3.63) is 54.1 Å². The number of ether oxygens (including phenoxy) is 1. The lowest BCUT2D eigenvalue weighted by Gasteiger charge is -2.30. The molecular weight excluding hydrogens is 329 g/mol. The van der Waals surface area contributed by atoms with Gasteiger partial charge in [-0.3, -0.25) is 4.79 Å². The molecule has 1 aliphatic carbocycles. The third-order valence-corrected chi connectivity index (χ3v) is 4.67. The molecule has 1 saturated carbocycles. The SMILES string of the molecule is O=Cc1ccc(-c2ccc(OC3CCC(C(F)(F)F)CC3)cc2)cc1. The Hall–Kier alpha value is -2.30. The topological polar surface area (TPSA) is 26.3 Å². The molecule has 0 aliphatic heterocycles. The first kappa shape index (κ1) is 17.5. The molecule has 0 atom stereocenters. The minimum absolute atomic E-state index is 0.134. The molecule has 0 unspecified atom stereocenters. The minimum atomic E-state index is -4.09. The second-order valence-electron chi connectivity index (χ2n) is 6.40. The first-order chi connectivity index (χ1) is 12.0. The summed E-state index contributed by atoms with van der Waals surface area (Å²) in [6.45, 7) is 0. The van der Waals surface area contributed by atoms with Crippen LogP contribution in [0.1, 0.15) is 36.0 Å². The average molecular weight is 348 g/mol. The molecule has 132 valence electrons. The van der Waals surface area contributed by atoms with Crippen LogP contribution in [0.15, 0.2) is 48.5 Å². The van der Waals surface area contributed by atoms with Gasteiger partial charge in [-0.15, -0.1) is 0 Å². The zero-order chi connectivity index (χ0) is 17.9. The highest BCUT2D eigenvalue weighted by Crippen LogP contribution is 2.38. The van der Waals surface area contributed by atoms with Crippen LogP contribution in [0.3, 0.4) is 0 Å². The van der Waals surface area contributed by atoms with Crippen molar-refractivity contribution in [3.63, 3.8) is 0 Å². The Morgan fingerprint density at radius 1 is 0.840 bits per heavy atom. The molecule has 0 bridgehead atoms. The Balaban J connectivity index is 1.59. The molecule has 0 N–H and O–H groups in total. The molecule has 0 aromatic heterocycles. The van der Waals surface area contributed by atoms with Crippen LogP contribution in [0.2, 0.25) is 0 Å². The van der Waals surface area contributed by atoms with Crippen LogP contribution in [0.4, 0.5) is 13.2 Å². The van der Waals surface area contributed by atoms with E-state index in [1.807, 2.05) is 36.4 Å². The molecule has 0 radical (unpaired) electrons. The third-order valence-electron chi connectivity index (χ3n) is 4.67. The second-order valence-corrected chi connectivity index (χ2v) is 6.40. The molecule has 25 heavy (non-hydrogen) atoms. The number of alkyl halides is 3. The minimum Gasteiger partial charge on any atom is -0.490 e. The van der Waals surface area contributed by atoms with Gasteiger partial charge >= 0.3 is 6.18 Å². The maximum atomic E-state index is 12.7. The standard InChI is InChI=1S/C20H19F3O2/c21-20(22,23)17-7-11-19(12-8-17)25-18-9-5-16(6-10-18)15-3-1-14(13-24)2-4-15/h1-6,9-10,13,17,19H,7-8,11-12H2. The van der Waals surface area contributed by atoms with E-state index in [4.69, 9.17) is 4.74 Å². The third kappa shape index (κ3) is 4.41. The fourth-order valence-electron chi connectivity index (χ4n) is 3.18. The van der Waals surface area contributed by atoms with Crippen LogP contribution >= 0.6 is 0 Å². The summed E-state index contributed by atoms with van der Waals surface area (Å²) in [7, 11) is 0. The van der Waals surface area contributed by atoms with E-state index in [0.717, 1.165) is 17.4 Å². The van der Waals surface area contributed by atoms with E-state index >= 15 is 0 Å². The van der Waals surface area contributed by atoms with E-state index < -0.39 is 12.1 Å². The highest BCUT2D eigenvalue weighted by atomic mass is 19.4. The Labute approximate surface area is 144 Å². The summed E-state index contributed by atoms with van der Waals surface area (Å²) < 4.78 is 43.9. The summed E-state index contributed by atoms with van der Waals surface area (Å²) >= 11 is 0. The quantitative estimate of drug-likeness (QED) is 0.666. The molecule has 2 nitrogen and oxygen atoms in total. The zero-order valence-electron chi connectivity index (χ0n) is 13.6. The van der Waals surface area contributed by atoms with E-state index in [1.54, 1.807) is 12.1 Å². The number of carbonyl (C=O) groups excluding carboxylic acids is 1. The lowest BCUT2D eigenvalue weighted by Crippen LogP contribution is -2.31. The van der Waals surface area contributed by atoms with Crippen molar-refractivity contribution in [2.45, 2.75) is 38.0 Å². The van der Waals surface area contributed by atoms with Gasteiger partial charge in [-0.2, -0.15) is 13.2 Å². The monoisotopic (exact) mass is 348 g/mol. The van der Waals surface area contributed by atoms with Crippen LogP contribution in [0.25, 0.3) is 11.1 Å². The van der Waals surface area contributed by atoms with Gasteiger partial charge in [0.15, 0.2) is 0 Å². The van der Waals surface area contributed by atoms with E-state index in [-0.39, 0.29) is 18.9 Å². The number of hydrogen-bond acceptors (Lipinski definition) is 2. The van der Waals surface area contributed by atoms with E-state index in [0.29, 0.717) is 24.2 Å². The van der Waals surface area contributed by atoms with E-state index in [1.165, 1.54) is 0 Å². The fourth-order valence-corrected chi connectivity index (χ4v) is 3.18. The number of benzene rings is 2. The number of carbonyl (C=O) groups is 1. The average Bonchev–Trinajstić information content (AvgIpc) is 2.62. The Kier molecular flexibility index (Phi) is 5.11. The number of halogens is 3. The molecule has 0 amide bonds. The predicted octanol–water partition coefficient (Wildman–Crippen LogP) is 5.67. The molecule has 0 heterocycles. The van der Waals surface area contributed by atoms with Gasteiger partial charge in [0.1, 0.15) is 12.0 Å². The summed E-state index contributed by atoms with van der Waals surface area (Å²) in [4.78, 5) is 10.7. The van der Waals surface area contributed by atoms with Gasteiger partial charge in [-0.1, -0.05) is 36.4 Å². The van der Waals surface area contributed by atoms with Gasteiger partial charge in [-0.05, 0) is 48.9 Å². The van der Waals surface area contributed by atoms with Crippen LogP contribution in [0.5, 0.6) is 5.75 Å². The molecule has 0 saturated heterocycles. The van der Waals surface area contributed by atoms with Crippen LogP contribution in [-0.2, 0) is 0 Å². The highest BCUT2D eigenvalue weighted by Gasteiger charge is 2.41. The summed E-state index contributed by atoms with van der Waals surface area (Å²) in [5, 5.41) is 0. The van der Waals surface area contributed by atoms with Crippen LogP contribution < -0.4 is 4.74 Å². The molecule has 1 aliphatic rings. The molecule has 1 fully saturated rings. The second kappa shape index (κ2) is 7.30. The lowest BCUT2D eigenvalue weighted by molar-refractivity contribution is -0.185. The van der Waals surface area contributed by atoms with Crippen LogP contribution in [-0.4, -0.2) is 18.6 Å². The summed E-state index contributed by atoms with van der Waals surface area (Å²) in [5.74, 6) is -0.521. The predicted molar refractivity (Wildman–Crippen MR) is 89.7 cm³/mol. The van der Waals surface area contributed by atoms with Crippen molar-refractivity contribution in [3.8, 4) is 16.9 Å². The summed E-state index contributed by atoms with van der Waals surface area (Å²) in [6, 6.07) is 14.7. The Bertz CT molecular complexity index is 697. The van der Waals surface area contributed by atoms with Gasteiger partial charge in [0.05, 0.1) is 12.0 Å². The smallest absolute Gasteiger partial charge is 0.391 e. The molecule has 5 heteroatoms. The van der Waals surface area contributed by atoms with Crippen molar-refractivity contribution < 1.29 is 22.7 Å². The number of hydrogen-bond donors (Lipinski definition) is 0. The maximum absolute atomic E-state index is 12.7. The van der Waals surface area contributed by atoms with E-state index in [2.05, 4.69) is 0 Å². The highest BCUT2D eigenvalue weighted by molar-refractivity contribution is 5.76. The van der Waals surface area contributed by atoms with Gasteiger partial charge in [0, 0.05) is 5.56 Å². The maximum Gasteiger partial charge on any atom is 0.391 e. The molecular formula is C20H19F3O2. The summed E-state index contributed by atoms with van der Waals surface area (Å²) in [6.07, 6.45) is -2.32. The fraction of sp³-hybridized carbons (Fsp3) is 0.350. The van der Waals surface area contributed by atoms with Gasteiger partial charge in [0.2, 0.25) is 0 Å². The molecule has 2 aromatic carbocycles. The van der Waals surface area contributed by atoms with Gasteiger partial charge < -0.3 is 4.74 Å². The van der Waals surface area contributed by atoms with Gasteiger partial charge in [-0.25, -0.2) is 0 Å². The molecule has 0 spiro atoms. The Morgan fingerprint density at radius 3 is 1.84 bits per heavy atom. The number of aldehydes is 1. The van der Waals surface area contributed by atoms with Crippen molar-refractivity contribution in [2.24, 2.45) is 5.92 Å². The zero-order valence-corrected chi connectivity index (χ0v) is 13.6. The first-order valence-electron chi connectivity index (χ1n) is 8.35. The first-order valence-corrected chi connectivity index (χ1v) is 8.35. The number of rotatable bonds is 4. The largest absolute Gasteiger partial charge is 0.490 e. The van der Waals surface area contributed by atoms with Crippen molar-refractivity contribution in [2.75, 3.05) is 0 Å². The van der Waals surface area contributed by atoms with Crippen LogP contribution in [0, 0.1) is 5.92 Å². The van der Waals surface area contributed by atoms with Gasteiger partial charge in [0.25, 0.3) is 0 Å². The van der Waals surface area contributed by atoms with E-state index in [9.17, 15) is 18.0 Å². The van der Waals surface area contributed by atoms with Crippen molar-refractivity contribution in [1.29, 1.82) is 0 Å². The molecule has 2 aromatic rings. The summed E-state index contributed by atoms with van der Waals surface area (Å²) in [5.41, 5.74) is 2.60. The van der Waals surface area contributed by atoms with Crippen molar-refractivity contribution in [1.82, 2.24) is 0 Å².